The maximum Gasteiger partial charge on any atom is 0.116 e. The van der Waals surface area contributed by atoms with Crippen molar-refractivity contribution in [2.45, 2.75) is 0 Å². The van der Waals surface area contributed by atoms with Gasteiger partial charge in [0.15, 0.2) is 0 Å². The van der Waals surface area contributed by atoms with Crippen LogP contribution < -0.4 is 0 Å². The van der Waals surface area contributed by atoms with E-state index in [0.29, 0.717) is 0 Å². The molecule has 0 bridgehead atoms. The van der Waals surface area contributed by atoms with Gasteiger partial charge in [-0.1, -0.05) is 72.8 Å². The predicted molar refractivity (Wildman–Crippen MR) is 114 cm³/mol. The highest BCUT2D eigenvalue weighted by atomic mass is 16.3. The summed E-state index contributed by atoms with van der Waals surface area (Å²) >= 11 is 0. The second-order valence-corrected chi connectivity index (χ2v) is 6.89. The molecule has 0 aliphatic carbocycles. The summed E-state index contributed by atoms with van der Waals surface area (Å²) in [5.74, 6) is 0.281. The summed E-state index contributed by atoms with van der Waals surface area (Å²) < 4.78 is 0. The summed E-state index contributed by atoms with van der Waals surface area (Å²) in [7, 11) is 0. The number of phenolic OH excluding ortho intramolecular Hbond substituents is 1. The smallest absolute Gasteiger partial charge is 0.116 e. The van der Waals surface area contributed by atoms with E-state index in [2.05, 4.69) is 78.9 Å². The molecule has 0 saturated heterocycles. The number of hydrogen-bond acceptors (Lipinski definition) is 1. The van der Waals surface area contributed by atoms with Crippen molar-refractivity contribution in [2.24, 2.45) is 0 Å². The van der Waals surface area contributed by atoms with Crippen LogP contribution >= 0.6 is 0 Å². The van der Waals surface area contributed by atoms with Crippen LogP contribution in [-0.4, -0.2) is 5.11 Å². The third-order valence-electron chi connectivity index (χ3n) is 5.08. The topological polar surface area (TPSA) is 20.2 Å². The summed E-state index contributed by atoms with van der Waals surface area (Å²) in [6, 6.07) is 35.3. The second-order valence-electron chi connectivity index (χ2n) is 6.89. The van der Waals surface area contributed by atoms with Crippen molar-refractivity contribution in [3.63, 3.8) is 0 Å². The highest BCUT2D eigenvalue weighted by Crippen LogP contribution is 2.33. The Hall–Kier alpha value is -3.58. The minimum Gasteiger partial charge on any atom is -0.508 e. The number of benzene rings is 5. The molecule has 5 aromatic carbocycles. The minimum atomic E-state index is 0.281. The normalized spacial score (nSPS) is 11.1. The van der Waals surface area contributed by atoms with Crippen LogP contribution in [0.4, 0.5) is 0 Å². The Labute approximate surface area is 158 Å². The summed E-state index contributed by atoms with van der Waals surface area (Å²) in [6.07, 6.45) is 0. The molecule has 0 aliphatic heterocycles. The molecular weight excluding hydrogens is 328 g/mol. The van der Waals surface area contributed by atoms with E-state index < -0.39 is 0 Å². The van der Waals surface area contributed by atoms with E-state index in [9.17, 15) is 5.11 Å². The average molecular weight is 346 g/mol. The fourth-order valence-electron chi connectivity index (χ4n) is 3.68. The number of aromatic hydroxyl groups is 1. The van der Waals surface area contributed by atoms with Gasteiger partial charge in [0.1, 0.15) is 5.75 Å². The zero-order valence-electron chi connectivity index (χ0n) is 14.8. The molecule has 0 aliphatic rings. The van der Waals surface area contributed by atoms with E-state index in [1.165, 1.54) is 21.5 Å². The molecule has 1 N–H and O–H groups in total. The second kappa shape index (κ2) is 6.30. The molecule has 1 heteroatoms. The summed E-state index contributed by atoms with van der Waals surface area (Å²) in [4.78, 5) is 0. The van der Waals surface area contributed by atoms with Gasteiger partial charge in [-0.25, -0.2) is 0 Å². The quantitative estimate of drug-likeness (QED) is 0.364. The lowest BCUT2D eigenvalue weighted by Crippen LogP contribution is -1.84. The molecule has 5 aromatic rings. The Kier molecular flexibility index (Phi) is 3.65. The first-order valence-electron chi connectivity index (χ1n) is 9.09. The molecule has 0 atom stereocenters. The predicted octanol–water partition coefficient (Wildman–Crippen LogP) is 7.03. The first-order chi connectivity index (χ1) is 13.3. The van der Waals surface area contributed by atoms with Crippen LogP contribution in [0.25, 0.3) is 43.8 Å². The van der Waals surface area contributed by atoms with Gasteiger partial charge in [-0.3, -0.25) is 0 Å². The van der Waals surface area contributed by atoms with E-state index in [0.717, 1.165) is 22.3 Å². The van der Waals surface area contributed by atoms with Crippen molar-refractivity contribution in [1.82, 2.24) is 0 Å². The van der Waals surface area contributed by atoms with Crippen molar-refractivity contribution in [1.29, 1.82) is 0 Å². The van der Waals surface area contributed by atoms with Crippen LogP contribution in [0.15, 0.2) is 103 Å². The Morgan fingerprint density at radius 3 is 1.30 bits per heavy atom. The minimum absolute atomic E-state index is 0.281. The van der Waals surface area contributed by atoms with Crippen LogP contribution in [0.3, 0.4) is 0 Å². The van der Waals surface area contributed by atoms with Crippen LogP contribution in [0, 0.1) is 0 Å². The van der Waals surface area contributed by atoms with Gasteiger partial charge in [-0.05, 0) is 74.1 Å². The van der Waals surface area contributed by atoms with Crippen molar-refractivity contribution in [3.8, 4) is 28.0 Å². The number of hydrogen-bond donors (Lipinski definition) is 1. The first-order valence-corrected chi connectivity index (χ1v) is 9.09. The Morgan fingerprint density at radius 2 is 0.815 bits per heavy atom. The first kappa shape index (κ1) is 15.7. The molecule has 0 unspecified atom stereocenters. The number of fused-ring (bicyclic) bond motifs is 2. The van der Waals surface area contributed by atoms with Crippen LogP contribution in [0.2, 0.25) is 0 Å². The average Bonchev–Trinajstić information content (AvgIpc) is 2.72. The van der Waals surface area contributed by atoms with Crippen molar-refractivity contribution in [2.75, 3.05) is 0 Å². The third kappa shape index (κ3) is 2.94. The maximum absolute atomic E-state index is 10.3. The van der Waals surface area contributed by atoms with E-state index in [4.69, 9.17) is 0 Å². The largest absolute Gasteiger partial charge is 0.508 e. The monoisotopic (exact) mass is 346 g/mol. The molecule has 0 radical (unpaired) electrons. The molecule has 0 saturated carbocycles. The van der Waals surface area contributed by atoms with Gasteiger partial charge in [0.2, 0.25) is 0 Å². The highest BCUT2D eigenvalue weighted by molar-refractivity contribution is 5.90. The van der Waals surface area contributed by atoms with Gasteiger partial charge >= 0.3 is 0 Å². The molecule has 27 heavy (non-hydrogen) atoms. The molecule has 0 fully saturated rings. The standard InChI is InChI=1S/C26H18O/c27-26-16-24(22-11-9-18-5-1-3-7-20(18)13-22)15-25(17-26)23-12-10-19-6-2-4-8-21(19)14-23/h1-17,27H. The zero-order chi connectivity index (χ0) is 18.2. The van der Waals surface area contributed by atoms with Gasteiger partial charge in [0, 0.05) is 0 Å². The number of phenols is 1. The fraction of sp³-hybridized carbons (Fsp3) is 0. The van der Waals surface area contributed by atoms with Crippen molar-refractivity contribution >= 4 is 21.5 Å². The van der Waals surface area contributed by atoms with E-state index in [-0.39, 0.29) is 5.75 Å². The van der Waals surface area contributed by atoms with Gasteiger partial charge in [-0.2, -0.15) is 0 Å². The molecule has 1 nitrogen and oxygen atoms in total. The van der Waals surface area contributed by atoms with Gasteiger partial charge in [0.05, 0.1) is 0 Å². The highest BCUT2D eigenvalue weighted by Gasteiger charge is 2.07. The Morgan fingerprint density at radius 1 is 0.370 bits per heavy atom. The Bertz CT molecular complexity index is 1190. The molecule has 0 spiro atoms. The van der Waals surface area contributed by atoms with Crippen LogP contribution in [-0.2, 0) is 0 Å². The molecule has 128 valence electrons. The van der Waals surface area contributed by atoms with Crippen LogP contribution in [0.1, 0.15) is 0 Å². The number of rotatable bonds is 2. The van der Waals surface area contributed by atoms with Gasteiger partial charge in [0.25, 0.3) is 0 Å². The lowest BCUT2D eigenvalue weighted by molar-refractivity contribution is 0.476. The SMILES string of the molecule is Oc1cc(-c2ccc3ccccc3c2)cc(-c2ccc3ccccc3c2)c1. The lowest BCUT2D eigenvalue weighted by atomic mass is 9.95. The molecule has 0 heterocycles. The molecule has 0 amide bonds. The van der Waals surface area contributed by atoms with E-state index in [1.54, 1.807) is 0 Å². The van der Waals surface area contributed by atoms with Crippen LogP contribution in [0.5, 0.6) is 5.75 Å². The van der Waals surface area contributed by atoms with Crippen molar-refractivity contribution in [3.05, 3.63) is 103 Å². The molecule has 5 rings (SSSR count). The fourth-order valence-corrected chi connectivity index (χ4v) is 3.68. The van der Waals surface area contributed by atoms with E-state index >= 15 is 0 Å². The molecule has 0 aromatic heterocycles. The summed E-state index contributed by atoms with van der Waals surface area (Å²) in [6.45, 7) is 0. The Balaban J connectivity index is 1.64. The molecular formula is C26H18O. The summed E-state index contributed by atoms with van der Waals surface area (Å²) in [5, 5.41) is 15.2. The van der Waals surface area contributed by atoms with Gasteiger partial charge < -0.3 is 5.11 Å². The van der Waals surface area contributed by atoms with E-state index in [1.807, 2.05) is 24.3 Å². The van der Waals surface area contributed by atoms with Crippen molar-refractivity contribution < 1.29 is 5.11 Å². The lowest BCUT2D eigenvalue weighted by Gasteiger charge is -2.10. The third-order valence-corrected chi connectivity index (χ3v) is 5.08. The summed E-state index contributed by atoms with van der Waals surface area (Å²) in [5.41, 5.74) is 4.24. The maximum atomic E-state index is 10.3. The zero-order valence-corrected chi connectivity index (χ0v) is 14.8. The van der Waals surface area contributed by atoms with Gasteiger partial charge in [-0.15, -0.1) is 0 Å².